The third-order valence-electron chi connectivity index (χ3n) is 1.35. The number of nitrogens with zero attached hydrogens (tertiary/aromatic N) is 3. The molecule has 15 heavy (non-hydrogen) atoms. The Bertz CT molecular complexity index is 315. The Labute approximate surface area is 89.8 Å². The molecule has 0 saturated heterocycles. The summed E-state index contributed by atoms with van der Waals surface area (Å²) in [6.45, 7) is 8.60. The van der Waals surface area contributed by atoms with E-state index >= 15 is 0 Å². The van der Waals surface area contributed by atoms with E-state index in [4.69, 9.17) is 0 Å². The quantitative estimate of drug-likeness (QED) is 0.398. The minimum absolute atomic E-state index is 0.222. The minimum Gasteiger partial charge on any atom is -0.303 e. The number of ketones is 1. The normalized spacial score (nSPS) is 11.3. The van der Waals surface area contributed by atoms with Gasteiger partial charge in [0, 0.05) is 14.1 Å². The molecule has 0 aliphatic carbocycles. The van der Waals surface area contributed by atoms with Gasteiger partial charge in [0.15, 0.2) is 0 Å². The van der Waals surface area contributed by atoms with Crippen LogP contribution in [0.4, 0.5) is 0 Å². The Kier molecular flexibility index (Phi) is 5.70. The van der Waals surface area contributed by atoms with Crippen molar-refractivity contribution in [1.82, 2.24) is 10.4 Å². The van der Waals surface area contributed by atoms with Crippen molar-refractivity contribution < 1.29 is 4.79 Å². The summed E-state index contributed by atoms with van der Waals surface area (Å²) < 4.78 is 0. The standard InChI is InChI=1S/C10H16N4O/c1-6-10(15)9(3)13-12-8(2)7-11-14(4)5/h6-7,12H,1-2H2,3-5H3/b11-7-,13-9-. The van der Waals surface area contributed by atoms with E-state index in [2.05, 4.69) is 28.8 Å². The van der Waals surface area contributed by atoms with E-state index < -0.39 is 0 Å². The first-order valence-corrected chi connectivity index (χ1v) is 4.34. The number of allylic oxidation sites excluding steroid dienone is 2. The molecule has 5 heteroatoms. The third kappa shape index (κ3) is 6.20. The van der Waals surface area contributed by atoms with E-state index in [0.717, 1.165) is 0 Å². The fourth-order valence-electron chi connectivity index (χ4n) is 0.572. The zero-order valence-corrected chi connectivity index (χ0v) is 9.32. The van der Waals surface area contributed by atoms with Crippen LogP contribution in [0, 0.1) is 0 Å². The van der Waals surface area contributed by atoms with E-state index in [0.29, 0.717) is 11.4 Å². The summed E-state index contributed by atoms with van der Waals surface area (Å²) in [6.07, 6.45) is 2.71. The Morgan fingerprint density at radius 2 is 2.07 bits per heavy atom. The van der Waals surface area contributed by atoms with Gasteiger partial charge in [-0.1, -0.05) is 13.2 Å². The fraction of sp³-hybridized carbons (Fsp3) is 0.300. The van der Waals surface area contributed by atoms with Crippen LogP contribution >= 0.6 is 0 Å². The summed E-state index contributed by atoms with van der Waals surface area (Å²) in [4.78, 5) is 11.0. The molecule has 0 unspecified atom stereocenters. The number of rotatable bonds is 6. The van der Waals surface area contributed by atoms with E-state index in [9.17, 15) is 4.79 Å². The number of hydrogen-bond acceptors (Lipinski definition) is 5. The van der Waals surface area contributed by atoms with Gasteiger partial charge in [-0.25, -0.2) is 0 Å². The first-order valence-electron chi connectivity index (χ1n) is 4.34. The molecule has 0 aromatic heterocycles. The maximum absolute atomic E-state index is 11.0. The average molecular weight is 208 g/mol. The highest BCUT2D eigenvalue weighted by Gasteiger charge is 1.99. The summed E-state index contributed by atoms with van der Waals surface area (Å²) in [5.74, 6) is -0.222. The number of hydrogen-bond donors (Lipinski definition) is 1. The highest BCUT2D eigenvalue weighted by atomic mass is 16.1. The van der Waals surface area contributed by atoms with Crippen LogP contribution in [0.15, 0.2) is 35.1 Å². The van der Waals surface area contributed by atoms with Gasteiger partial charge in [-0.05, 0) is 13.0 Å². The summed E-state index contributed by atoms with van der Waals surface area (Å²) in [5.41, 5.74) is 3.43. The van der Waals surface area contributed by atoms with Gasteiger partial charge >= 0.3 is 0 Å². The highest BCUT2D eigenvalue weighted by molar-refractivity contribution is 6.43. The molecule has 0 fully saturated rings. The molecule has 0 rings (SSSR count). The second kappa shape index (κ2) is 6.53. The van der Waals surface area contributed by atoms with Crippen LogP contribution in [0.5, 0.6) is 0 Å². The van der Waals surface area contributed by atoms with Gasteiger partial charge in [0.05, 0.1) is 11.9 Å². The van der Waals surface area contributed by atoms with E-state index in [-0.39, 0.29) is 5.78 Å². The van der Waals surface area contributed by atoms with E-state index in [1.807, 2.05) is 0 Å². The molecule has 0 aliphatic rings. The molecule has 0 aromatic rings. The number of carbonyl (C=O) groups is 1. The van der Waals surface area contributed by atoms with Gasteiger partial charge in [0.1, 0.15) is 5.71 Å². The molecule has 0 heterocycles. The maximum atomic E-state index is 11.0. The summed E-state index contributed by atoms with van der Waals surface area (Å²) in [6, 6.07) is 0. The molecule has 0 bridgehead atoms. The zero-order valence-electron chi connectivity index (χ0n) is 9.32. The van der Waals surface area contributed by atoms with Gasteiger partial charge in [-0.15, -0.1) is 0 Å². The summed E-state index contributed by atoms with van der Waals surface area (Å²) in [5, 5.41) is 9.37. The highest BCUT2D eigenvalue weighted by Crippen LogP contribution is 1.85. The van der Waals surface area contributed by atoms with Crippen LogP contribution in [-0.2, 0) is 4.79 Å². The first kappa shape index (κ1) is 13.1. The summed E-state index contributed by atoms with van der Waals surface area (Å²) in [7, 11) is 3.58. The van der Waals surface area contributed by atoms with Crippen LogP contribution in [0.25, 0.3) is 0 Å². The van der Waals surface area contributed by atoms with E-state index in [1.54, 1.807) is 26.0 Å². The SMILES string of the molecule is C=CC(=O)/C(C)=N\NC(=C)/C=N\N(C)C. The molecule has 82 valence electrons. The lowest BCUT2D eigenvalue weighted by molar-refractivity contribution is -0.108. The van der Waals surface area contributed by atoms with Crippen molar-refractivity contribution in [1.29, 1.82) is 0 Å². The molecule has 0 aromatic carbocycles. The Balaban J connectivity index is 4.21. The van der Waals surface area contributed by atoms with Crippen molar-refractivity contribution in [2.24, 2.45) is 10.2 Å². The van der Waals surface area contributed by atoms with Gasteiger partial charge in [-0.2, -0.15) is 10.2 Å². The Morgan fingerprint density at radius 1 is 1.47 bits per heavy atom. The van der Waals surface area contributed by atoms with Gasteiger partial charge < -0.3 is 5.01 Å². The smallest absolute Gasteiger partial charge is 0.200 e. The number of nitrogens with one attached hydrogen (secondary N) is 1. The minimum atomic E-state index is -0.222. The van der Waals surface area contributed by atoms with Crippen molar-refractivity contribution in [3.05, 3.63) is 24.9 Å². The van der Waals surface area contributed by atoms with Crippen LogP contribution in [-0.4, -0.2) is 36.8 Å². The molecular formula is C10H16N4O. The fourth-order valence-corrected chi connectivity index (χ4v) is 0.572. The topological polar surface area (TPSA) is 57.1 Å². The van der Waals surface area contributed by atoms with Gasteiger partial charge in [0.2, 0.25) is 5.78 Å². The van der Waals surface area contributed by atoms with Crippen molar-refractivity contribution in [2.45, 2.75) is 6.92 Å². The Hall–Kier alpha value is -1.91. The lowest BCUT2D eigenvalue weighted by atomic mass is 10.3. The van der Waals surface area contributed by atoms with Crippen LogP contribution in [0.2, 0.25) is 0 Å². The Morgan fingerprint density at radius 3 is 2.53 bits per heavy atom. The van der Waals surface area contributed by atoms with Crippen molar-refractivity contribution in [2.75, 3.05) is 14.1 Å². The van der Waals surface area contributed by atoms with Crippen LogP contribution in [0.1, 0.15) is 6.92 Å². The molecule has 0 radical (unpaired) electrons. The summed E-state index contributed by atoms with van der Waals surface area (Å²) >= 11 is 0. The monoisotopic (exact) mass is 208 g/mol. The molecular weight excluding hydrogens is 192 g/mol. The number of carbonyl (C=O) groups excluding carboxylic acids is 1. The largest absolute Gasteiger partial charge is 0.303 e. The molecule has 5 nitrogen and oxygen atoms in total. The zero-order chi connectivity index (χ0) is 11.8. The lowest BCUT2D eigenvalue weighted by Crippen LogP contribution is -2.14. The number of hydrazone groups is 2. The molecule has 0 spiro atoms. The van der Waals surface area contributed by atoms with Gasteiger partial charge in [-0.3, -0.25) is 10.2 Å². The van der Waals surface area contributed by atoms with Crippen molar-refractivity contribution >= 4 is 17.7 Å². The second-order valence-corrected chi connectivity index (χ2v) is 2.99. The predicted octanol–water partition coefficient (Wildman–Crippen LogP) is 0.768. The second-order valence-electron chi connectivity index (χ2n) is 2.99. The molecule has 0 amide bonds. The van der Waals surface area contributed by atoms with Gasteiger partial charge in [0.25, 0.3) is 0 Å². The van der Waals surface area contributed by atoms with Crippen molar-refractivity contribution in [3.8, 4) is 0 Å². The predicted molar refractivity (Wildman–Crippen MR) is 62.8 cm³/mol. The molecule has 0 aliphatic heterocycles. The first-order chi connectivity index (χ1) is 6.97. The van der Waals surface area contributed by atoms with E-state index in [1.165, 1.54) is 12.3 Å². The maximum Gasteiger partial charge on any atom is 0.200 e. The molecule has 0 saturated carbocycles. The molecule has 0 atom stereocenters. The lowest BCUT2D eigenvalue weighted by Gasteiger charge is -2.03. The van der Waals surface area contributed by atoms with Crippen LogP contribution < -0.4 is 5.43 Å². The van der Waals surface area contributed by atoms with Crippen molar-refractivity contribution in [3.63, 3.8) is 0 Å². The third-order valence-corrected chi connectivity index (χ3v) is 1.35. The van der Waals surface area contributed by atoms with Crippen LogP contribution in [0.3, 0.4) is 0 Å². The average Bonchev–Trinajstić information content (AvgIpc) is 2.21. The molecule has 1 N–H and O–H groups in total.